The second kappa shape index (κ2) is 5.19. The summed E-state index contributed by atoms with van der Waals surface area (Å²) < 4.78 is 5.30. The zero-order valence-electron chi connectivity index (χ0n) is 12.4. The number of methoxy groups -OCH3 is 1. The molecule has 1 aliphatic heterocycles. The van der Waals surface area contributed by atoms with Gasteiger partial charge >= 0.3 is 0 Å². The molecule has 1 saturated carbocycles. The van der Waals surface area contributed by atoms with Gasteiger partial charge in [-0.15, -0.1) is 0 Å². The summed E-state index contributed by atoms with van der Waals surface area (Å²) in [7, 11) is 1.70. The van der Waals surface area contributed by atoms with E-state index in [1.54, 1.807) is 7.11 Å². The molecular formula is C17H21N3O. The van der Waals surface area contributed by atoms with Crippen molar-refractivity contribution in [1.82, 2.24) is 9.88 Å². The van der Waals surface area contributed by atoms with E-state index in [-0.39, 0.29) is 0 Å². The molecular weight excluding hydrogens is 262 g/mol. The van der Waals surface area contributed by atoms with Crippen molar-refractivity contribution >= 4 is 16.6 Å². The van der Waals surface area contributed by atoms with E-state index >= 15 is 0 Å². The fourth-order valence-corrected chi connectivity index (χ4v) is 3.27. The van der Waals surface area contributed by atoms with Crippen LogP contribution in [0.5, 0.6) is 5.75 Å². The monoisotopic (exact) mass is 283 g/mol. The molecule has 110 valence electrons. The summed E-state index contributed by atoms with van der Waals surface area (Å²) in [5, 5.41) is 5.98. The fraction of sp³-hybridized carbons (Fsp3) is 0.471. The van der Waals surface area contributed by atoms with Crippen LogP contribution in [0.15, 0.2) is 30.5 Å². The quantitative estimate of drug-likeness (QED) is 0.936. The zero-order chi connectivity index (χ0) is 14.2. The van der Waals surface area contributed by atoms with Gasteiger partial charge in [-0.2, -0.15) is 0 Å². The molecule has 1 saturated heterocycles. The van der Waals surface area contributed by atoms with Gasteiger partial charge in [0.25, 0.3) is 0 Å². The molecule has 4 heteroatoms. The maximum absolute atomic E-state index is 5.30. The third-order valence-corrected chi connectivity index (χ3v) is 4.60. The highest BCUT2D eigenvalue weighted by molar-refractivity contribution is 5.92. The molecule has 1 aliphatic carbocycles. The number of fused-ring (bicyclic) bond motifs is 1. The molecule has 4 nitrogen and oxygen atoms in total. The lowest BCUT2D eigenvalue weighted by Gasteiger charge is -2.17. The van der Waals surface area contributed by atoms with Crippen LogP contribution >= 0.6 is 0 Å². The number of pyridine rings is 1. The Bertz CT molecular complexity index is 654. The molecule has 1 aromatic heterocycles. The van der Waals surface area contributed by atoms with Gasteiger partial charge in [-0.3, -0.25) is 4.90 Å². The standard InChI is InChI=1S/C17H21N3O/c1-21-15-4-5-16-12(10-15)6-8-18-17(16)19-13-7-9-20(11-13)14-2-3-14/h4-6,8,10,13-14H,2-3,7,9,11H2,1H3,(H,18,19). The molecule has 0 bridgehead atoms. The number of ether oxygens (including phenoxy) is 1. The van der Waals surface area contributed by atoms with Gasteiger partial charge in [0.2, 0.25) is 0 Å². The van der Waals surface area contributed by atoms with Crippen molar-refractivity contribution in [3.8, 4) is 5.75 Å². The van der Waals surface area contributed by atoms with Crippen molar-refractivity contribution < 1.29 is 4.74 Å². The third kappa shape index (κ3) is 2.56. The number of hydrogen-bond acceptors (Lipinski definition) is 4. The summed E-state index contributed by atoms with van der Waals surface area (Å²) in [5.41, 5.74) is 0. The molecule has 1 unspecified atom stereocenters. The van der Waals surface area contributed by atoms with Crippen LogP contribution in [0.2, 0.25) is 0 Å². The number of benzene rings is 1. The number of likely N-dealkylation sites (tertiary alicyclic amines) is 1. The lowest BCUT2D eigenvalue weighted by Crippen LogP contribution is -2.28. The second-order valence-electron chi connectivity index (χ2n) is 6.10. The van der Waals surface area contributed by atoms with Crippen molar-refractivity contribution in [2.24, 2.45) is 0 Å². The Balaban J connectivity index is 1.55. The normalized spacial score (nSPS) is 22.6. The third-order valence-electron chi connectivity index (χ3n) is 4.60. The summed E-state index contributed by atoms with van der Waals surface area (Å²) in [4.78, 5) is 7.16. The Morgan fingerprint density at radius 3 is 2.95 bits per heavy atom. The predicted octanol–water partition coefficient (Wildman–Crippen LogP) is 2.89. The average molecular weight is 283 g/mol. The van der Waals surface area contributed by atoms with Crippen LogP contribution in [-0.4, -0.2) is 42.2 Å². The predicted molar refractivity (Wildman–Crippen MR) is 84.9 cm³/mol. The van der Waals surface area contributed by atoms with Gasteiger partial charge in [-0.05, 0) is 48.9 Å². The second-order valence-corrected chi connectivity index (χ2v) is 6.10. The van der Waals surface area contributed by atoms with Crippen molar-refractivity contribution in [2.45, 2.75) is 31.3 Å². The minimum absolute atomic E-state index is 0.519. The van der Waals surface area contributed by atoms with Crippen LogP contribution in [0.25, 0.3) is 10.8 Å². The Hall–Kier alpha value is -1.81. The average Bonchev–Trinajstić information content (AvgIpc) is 3.27. The van der Waals surface area contributed by atoms with Gasteiger partial charge in [0.15, 0.2) is 0 Å². The molecule has 0 amide bonds. The highest BCUT2D eigenvalue weighted by Gasteiger charge is 2.34. The smallest absolute Gasteiger partial charge is 0.134 e. The largest absolute Gasteiger partial charge is 0.497 e. The van der Waals surface area contributed by atoms with Gasteiger partial charge in [-0.25, -0.2) is 4.98 Å². The minimum atomic E-state index is 0.519. The van der Waals surface area contributed by atoms with E-state index in [1.807, 2.05) is 18.3 Å². The summed E-state index contributed by atoms with van der Waals surface area (Å²) in [5.74, 6) is 1.89. The van der Waals surface area contributed by atoms with Crippen molar-refractivity contribution in [3.05, 3.63) is 30.5 Å². The lowest BCUT2D eigenvalue weighted by molar-refractivity contribution is 0.326. The van der Waals surface area contributed by atoms with Crippen molar-refractivity contribution in [1.29, 1.82) is 0 Å². The van der Waals surface area contributed by atoms with E-state index in [9.17, 15) is 0 Å². The Morgan fingerprint density at radius 2 is 2.14 bits per heavy atom. The van der Waals surface area contributed by atoms with Crippen LogP contribution in [-0.2, 0) is 0 Å². The molecule has 2 fully saturated rings. The Morgan fingerprint density at radius 1 is 1.24 bits per heavy atom. The van der Waals surface area contributed by atoms with Crippen molar-refractivity contribution in [3.63, 3.8) is 0 Å². The minimum Gasteiger partial charge on any atom is -0.497 e. The van der Waals surface area contributed by atoms with Gasteiger partial charge in [0.1, 0.15) is 11.6 Å². The van der Waals surface area contributed by atoms with Crippen LogP contribution in [0.1, 0.15) is 19.3 Å². The lowest BCUT2D eigenvalue weighted by atomic mass is 10.1. The van der Waals surface area contributed by atoms with Gasteiger partial charge in [0.05, 0.1) is 7.11 Å². The first-order valence-corrected chi connectivity index (χ1v) is 7.77. The fourth-order valence-electron chi connectivity index (χ4n) is 3.27. The Labute approximate surface area is 125 Å². The first-order chi connectivity index (χ1) is 10.3. The van der Waals surface area contributed by atoms with Crippen molar-refractivity contribution in [2.75, 3.05) is 25.5 Å². The molecule has 2 heterocycles. The van der Waals surface area contributed by atoms with E-state index in [0.717, 1.165) is 24.2 Å². The van der Waals surface area contributed by atoms with E-state index in [1.165, 1.54) is 36.6 Å². The molecule has 2 aromatic rings. The highest BCUT2D eigenvalue weighted by Crippen LogP contribution is 2.31. The summed E-state index contributed by atoms with van der Waals surface area (Å²) in [6.45, 7) is 2.37. The van der Waals surface area contributed by atoms with Crippen LogP contribution < -0.4 is 10.1 Å². The molecule has 1 aromatic carbocycles. The molecule has 4 rings (SSSR count). The SMILES string of the molecule is COc1ccc2c(NC3CCN(C4CC4)C3)nccc2c1. The maximum atomic E-state index is 5.30. The number of nitrogens with one attached hydrogen (secondary N) is 1. The van der Waals surface area contributed by atoms with Gasteiger partial charge < -0.3 is 10.1 Å². The van der Waals surface area contributed by atoms with E-state index in [2.05, 4.69) is 27.3 Å². The van der Waals surface area contributed by atoms with Gasteiger partial charge in [0, 0.05) is 36.8 Å². The number of hydrogen-bond donors (Lipinski definition) is 1. The number of nitrogens with zero attached hydrogens (tertiary/aromatic N) is 2. The van der Waals surface area contributed by atoms with Crippen LogP contribution in [0, 0.1) is 0 Å². The van der Waals surface area contributed by atoms with Crippen LogP contribution in [0.3, 0.4) is 0 Å². The van der Waals surface area contributed by atoms with E-state index < -0.39 is 0 Å². The van der Waals surface area contributed by atoms with E-state index in [0.29, 0.717) is 6.04 Å². The summed E-state index contributed by atoms with van der Waals surface area (Å²) >= 11 is 0. The summed E-state index contributed by atoms with van der Waals surface area (Å²) in [6, 6.07) is 9.58. The number of anilines is 1. The number of aromatic nitrogens is 1. The zero-order valence-corrected chi connectivity index (χ0v) is 12.4. The molecule has 21 heavy (non-hydrogen) atoms. The molecule has 0 radical (unpaired) electrons. The molecule has 1 N–H and O–H groups in total. The summed E-state index contributed by atoms with van der Waals surface area (Å²) in [6.07, 6.45) is 5.86. The van der Waals surface area contributed by atoms with Crippen LogP contribution in [0.4, 0.5) is 5.82 Å². The Kier molecular flexibility index (Phi) is 3.19. The highest BCUT2D eigenvalue weighted by atomic mass is 16.5. The molecule has 2 aliphatic rings. The molecule has 0 spiro atoms. The first-order valence-electron chi connectivity index (χ1n) is 7.77. The maximum Gasteiger partial charge on any atom is 0.134 e. The topological polar surface area (TPSA) is 37.4 Å². The molecule has 1 atom stereocenters. The van der Waals surface area contributed by atoms with E-state index in [4.69, 9.17) is 4.74 Å². The van der Waals surface area contributed by atoms with Gasteiger partial charge in [-0.1, -0.05) is 0 Å². The first kappa shape index (κ1) is 12.9. The number of rotatable bonds is 4.